The lowest BCUT2D eigenvalue weighted by molar-refractivity contribution is -0.117. The van der Waals surface area contributed by atoms with E-state index in [1.807, 2.05) is 6.20 Å². The first kappa shape index (κ1) is 23.0. The van der Waals surface area contributed by atoms with Gasteiger partial charge < -0.3 is 4.90 Å². The summed E-state index contributed by atoms with van der Waals surface area (Å²) in [5, 5.41) is 9.23. The van der Waals surface area contributed by atoms with Crippen molar-refractivity contribution in [2.75, 3.05) is 4.90 Å². The summed E-state index contributed by atoms with van der Waals surface area (Å²) in [5.41, 5.74) is 2.02. The monoisotopic (exact) mass is 484 g/mol. The molecule has 2 heterocycles. The van der Waals surface area contributed by atoms with Crippen LogP contribution in [0.1, 0.15) is 55.8 Å². The quantitative estimate of drug-likeness (QED) is 0.423. The van der Waals surface area contributed by atoms with E-state index in [4.69, 9.17) is 11.6 Å². The highest BCUT2D eigenvalue weighted by Crippen LogP contribution is 2.42. The van der Waals surface area contributed by atoms with Crippen molar-refractivity contribution in [2.45, 2.75) is 57.5 Å². The fourth-order valence-electron chi connectivity index (χ4n) is 5.49. The number of hydrogen-bond acceptors (Lipinski definition) is 3. The first-order chi connectivity index (χ1) is 16.5. The number of hydrogen-bond donors (Lipinski definition) is 0. The van der Waals surface area contributed by atoms with Crippen LogP contribution in [0, 0.1) is 23.5 Å². The second-order valence-corrected chi connectivity index (χ2v) is 9.93. The van der Waals surface area contributed by atoms with Crippen LogP contribution in [0.2, 0.25) is 5.02 Å². The zero-order valence-electron chi connectivity index (χ0n) is 18.8. The molecule has 178 valence electrons. The van der Waals surface area contributed by atoms with E-state index in [0.717, 1.165) is 18.2 Å². The fraction of sp³-hybridized carbons (Fsp3) is 0.423. The third-order valence-electron chi connectivity index (χ3n) is 6.99. The highest BCUT2D eigenvalue weighted by atomic mass is 35.5. The van der Waals surface area contributed by atoms with E-state index in [9.17, 15) is 13.6 Å². The van der Waals surface area contributed by atoms with Gasteiger partial charge in [0.2, 0.25) is 5.91 Å². The molecule has 2 aromatic carbocycles. The van der Waals surface area contributed by atoms with Crippen molar-refractivity contribution in [3.8, 4) is 0 Å². The van der Waals surface area contributed by atoms with Gasteiger partial charge in [0.25, 0.3) is 0 Å². The van der Waals surface area contributed by atoms with Gasteiger partial charge in [-0.25, -0.2) is 8.78 Å². The number of carbonyl (C=O) groups is 1. The van der Waals surface area contributed by atoms with Crippen molar-refractivity contribution in [3.05, 3.63) is 76.6 Å². The Bertz CT molecular complexity index is 1140. The Labute approximate surface area is 202 Å². The van der Waals surface area contributed by atoms with E-state index in [1.165, 1.54) is 44.2 Å². The van der Waals surface area contributed by atoms with E-state index in [2.05, 4.69) is 10.3 Å². The summed E-state index contributed by atoms with van der Waals surface area (Å²) < 4.78 is 30.1. The van der Waals surface area contributed by atoms with E-state index in [-0.39, 0.29) is 18.2 Å². The Balaban J connectivity index is 1.42. The second kappa shape index (κ2) is 9.82. The molecule has 5 rings (SSSR count). The minimum absolute atomic E-state index is 0.107. The third kappa shape index (κ3) is 4.99. The molecule has 2 fully saturated rings. The van der Waals surface area contributed by atoms with E-state index < -0.39 is 17.7 Å². The summed E-state index contributed by atoms with van der Waals surface area (Å²) in [7, 11) is 0. The third-order valence-corrected chi connectivity index (χ3v) is 7.24. The van der Waals surface area contributed by atoms with Crippen molar-refractivity contribution in [1.29, 1.82) is 0 Å². The largest absolute Gasteiger partial charge is 0.305 e. The Hall–Kier alpha value is -2.80. The molecule has 2 atom stereocenters. The van der Waals surface area contributed by atoms with Crippen molar-refractivity contribution in [3.63, 3.8) is 0 Å². The summed E-state index contributed by atoms with van der Waals surface area (Å²) >= 11 is 6.04. The molecule has 0 radical (unpaired) electrons. The van der Waals surface area contributed by atoms with Crippen molar-refractivity contribution >= 4 is 23.2 Å². The second-order valence-electron chi connectivity index (χ2n) is 9.49. The molecule has 1 saturated carbocycles. The van der Waals surface area contributed by atoms with Gasteiger partial charge >= 0.3 is 0 Å². The van der Waals surface area contributed by atoms with Crippen molar-refractivity contribution in [1.82, 2.24) is 15.0 Å². The highest BCUT2D eigenvalue weighted by molar-refractivity contribution is 6.30. The smallest absolute Gasteiger partial charge is 0.228 e. The molecule has 1 aliphatic carbocycles. The lowest BCUT2D eigenvalue weighted by Gasteiger charge is -2.29. The molecule has 0 N–H and O–H groups in total. The molecule has 5 nitrogen and oxygen atoms in total. The number of anilines is 1. The first-order valence-electron chi connectivity index (χ1n) is 11.9. The molecule has 1 aliphatic heterocycles. The van der Waals surface area contributed by atoms with E-state index in [0.29, 0.717) is 28.7 Å². The minimum Gasteiger partial charge on any atom is -0.305 e. The van der Waals surface area contributed by atoms with Gasteiger partial charge in [0, 0.05) is 41.9 Å². The number of halogens is 3. The van der Waals surface area contributed by atoms with Crippen LogP contribution in [-0.2, 0) is 17.8 Å². The maximum atomic E-state index is 14.2. The molecule has 34 heavy (non-hydrogen) atoms. The molecule has 1 saturated heterocycles. The maximum Gasteiger partial charge on any atom is 0.228 e. The van der Waals surface area contributed by atoms with Crippen LogP contribution < -0.4 is 4.90 Å². The molecule has 0 spiro atoms. The maximum absolute atomic E-state index is 14.2. The van der Waals surface area contributed by atoms with Gasteiger partial charge in [-0.3, -0.25) is 9.48 Å². The number of aromatic nitrogens is 3. The molecule has 8 heteroatoms. The van der Waals surface area contributed by atoms with Crippen LogP contribution in [0.5, 0.6) is 0 Å². The molecule has 3 aromatic rings. The Morgan fingerprint density at radius 1 is 1.00 bits per heavy atom. The van der Waals surface area contributed by atoms with Crippen LogP contribution in [0.4, 0.5) is 14.5 Å². The lowest BCUT2D eigenvalue weighted by Crippen LogP contribution is -2.29. The van der Waals surface area contributed by atoms with Gasteiger partial charge in [0.05, 0.1) is 11.7 Å². The van der Waals surface area contributed by atoms with Gasteiger partial charge in [-0.15, -0.1) is 5.10 Å². The zero-order chi connectivity index (χ0) is 23.7. The molecule has 0 unspecified atom stereocenters. The topological polar surface area (TPSA) is 51.0 Å². The number of benzene rings is 2. The molecule has 0 bridgehead atoms. The minimum atomic E-state index is -0.667. The van der Waals surface area contributed by atoms with Gasteiger partial charge in [-0.05, 0) is 54.3 Å². The summed E-state index contributed by atoms with van der Waals surface area (Å²) in [5.74, 6) is -1.02. The highest BCUT2D eigenvalue weighted by Gasteiger charge is 2.42. The van der Waals surface area contributed by atoms with Gasteiger partial charge in [-0.2, -0.15) is 0 Å². The van der Waals surface area contributed by atoms with Crippen molar-refractivity contribution in [2.24, 2.45) is 11.8 Å². The number of rotatable bonds is 6. The standard InChI is InChI=1S/C26H27ClF2N4O/c27-20-6-8-24(9-7-20)33-25(34)13-19(26(33)18-11-21(28)14-22(29)12-18)15-32-16-23(30-31-32)10-17-4-2-1-3-5-17/h6-9,11-12,14,16-17,19,26H,1-5,10,13,15H2/t19-,26-/m0/s1. The molecular weight excluding hydrogens is 458 g/mol. The molecule has 2 aliphatic rings. The first-order valence-corrected chi connectivity index (χ1v) is 12.3. The van der Waals surface area contributed by atoms with Crippen LogP contribution in [-0.4, -0.2) is 20.9 Å². The molecule has 1 amide bonds. The summed E-state index contributed by atoms with van der Waals surface area (Å²) in [6.07, 6.45) is 9.42. The molecule has 1 aromatic heterocycles. The van der Waals surface area contributed by atoms with Crippen LogP contribution in [0.3, 0.4) is 0 Å². The van der Waals surface area contributed by atoms with Gasteiger partial charge in [0.15, 0.2) is 0 Å². The summed E-state index contributed by atoms with van der Waals surface area (Å²) in [4.78, 5) is 14.8. The Morgan fingerprint density at radius 2 is 1.71 bits per heavy atom. The number of carbonyl (C=O) groups excluding carboxylic acids is 1. The molecular formula is C26H27ClF2N4O. The van der Waals surface area contributed by atoms with Crippen molar-refractivity contribution < 1.29 is 13.6 Å². The summed E-state index contributed by atoms with van der Waals surface area (Å²) in [6.45, 7) is 0.427. The predicted molar refractivity (Wildman–Crippen MR) is 126 cm³/mol. The van der Waals surface area contributed by atoms with E-state index >= 15 is 0 Å². The SMILES string of the molecule is O=C1C[C@@H](Cn2cc(CC3CCCCC3)nn2)[C@H](c2cc(F)cc(F)c2)N1c1ccc(Cl)cc1. The van der Waals surface area contributed by atoms with E-state index in [1.54, 1.807) is 33.8 Å². The number of amides is 1. The fourth-order valence-corrected chi connectivity index (χ4v) is 5.61. The normalized spacial score (nSPS) is 21.4. The lowest BCUT2D eigenvalue weighted by atomic mass is 9.86. The average Bonchev–Trinajstić information content (AvgIpc) is 3.38. The van der Waals surface area contributed by atoms with Crippen LogP contribution in [0.25, 0.3) is 0 Å². The van der Waals surface area contributed by atoms with Crippen LogP contribution in [0.15, 0.2) is 48.7 Å². The van der Waals surface area contributed by atoms with Crippen LogP contribution >= 0.6 is 11.6 Å². The zero-order valence-corrected chi connectivity index (χ0v) is 19.6. The Morgan fingerprint density at radius 3 is 2.41 bits per heavy atom. The average molecular weight is 485 g/mol. The van der Waals surface area contributed by atoms with Gasteiger partial charge in [0.1, 0.15) is 11.6 Å². The number of nitrogens with zero attached hydrogens (tertiary/aromatic N) is 4. The Kier molecular flexibility index (Phi) is 6.63. The predicted octanol–water partition coefficient (Wildman–Crippen LogP) is 6.13. The van der Waals surface area contributed by atoms with Gasteiger partial charge in [-0.1, -0.05) is 48.9 Å². The summed E-state index contributed by atoms with van der Waals surface area (Å²) in [6, 6.07) is 9.83.